The van der Waals surface area contributed by atoms with Gasteiger partial charge >= 0.3 is 0 Å². The van der Waals surface area contributed by atoms with E-state index in [1.165, 1.54) is 0 Å². The van der Waals surface area contributed by atoms with Gasteiger partial charge in [-0.25, -0.2) is 12.7 Å². The quantitative estimate of drug-likeness (QED) is 0.618. The molecule has 2 aliphatic heterocycles. The van der Waals surface area contributed by atoms with Gasteiger partial charge in [0.15, 0.2) is 0 Å². The average Bonchev–Trinajstić information content (AvgIpc) is 3.18. The Hall–Kier alpha value is -1.67. The maximum Gasteiger partial charge on any atom is 0.295 e. The minimum Gasteiger partial charge on any atom is -0.365 e. The summed E-state index contributed by atoms with van der Waals surface area (Å²) in [6.45, 7) is 3.76. The first-order valence-electron chi connectivity index (χ1n) is 7.89. The van der Waals surface area contributed by atoms with Crippen LogP contribution in [0.25, 0.3) is 0 Å². The minimum absolute atomic E-state index is 0.0757. The first-order valence-corrected chi connectivity index (χ1v) is 9.39. The zero-order chi connectivity index (χ0) is 16.6. The van der Waals surface area contributed by atoms with E-state index in [0.717, 1.165) is 12.8 Å². The van der Waals surface area contributed by atoms with Crippen molar-refractivity contribution in [2.45, 2.75) is 31.4 Å². The third-order valence-corrected chi connectivity index (χ3v) is 7.04. The molecule has 0 aliphatic carbocycles. The van der Waals surface area contributed by atoms with Crippen LogP contribution in [0.1, 0.15) is 24.8 Å². The Morgan fingerprint density at radius 2 is 1.91 bits per heavy atom. The maximum absolute atomic E-state index is 12.7. The summed E-state index contributed by atoms with van der Waals surface area (Å²) in [4.78, 5) is 12.8. The summed E-state index contributed by atoms with van der Waals surface area (Å²) in [6.07, 6.45) is 2.35. The number of anilines is 1. The van der Waals surface area contributed by atoms with Crippen LogP contribution in [0.3, 0.4) is 0 Å². The molecule has 8 heteroatoms. The number of nitrogens with zero attached hydrogens (tertiary/aromatic N) is 3. The summed E-state index contributed by atoms with van der Waals surface area (Å²) < 4.78 is 26.9. The number of hydrogen-bond acceptors (Lipinski definition) is 5. The molecule has 1 atom stereocenters. The molecule has 0 N–H and O–H groups in total. The highest BCUT2D eigenvalue weighted by Crippen LogP contribution is 2.35. The van der Waals surface area contributed by atoms with Gasteiger partial charge in [0.25, 0.3) is 5.69 Å². The molecular formula is C15H21N3O4S. The molecule has 0 saturated carbocycles. The Balaban J connectivity index is 1.83. The summed E-state index contributed by atoms with van der Waals surface area (Å²) in [5, 5.41) is 10.9. The fourth-order valence-electron chi connectivity index (χ4n) is 3.48. The van der Waals surface area contributed by atoms with Gasteiger partial charge in [0.1, 0.15) is 5.69 Å². The van der Waals surface area contributed by atoms with Crippen molar-refractivity contribution in [3.8, 4) is 0 Å². The van der Waals surface area contributed by atoms with E-state index in [4.69, 9.17) is 0 Å². The van der Waals surface area contributed by atoms with Crippen molar-refractivity contribution < 1.29 is 13.3 Å². The highest BCUT2D eigenvalue weighted by atomic mass is 32.2. The topological polar surface area (TPSA) is 83.8 Å². The first-order chi connectivity index (χ1) is 10.9. The molecule has 1 aromatic rings. The van der Waals surface area contributed by atoms with Crippen molar-refractivity contribution in [3.05, 3.63) is 33.9 Å². The molecule has 2 fully saturated rings. The predicted molar refractivity (Wildman–Crippen MR) is 88.2 cm³/mol. The minimum atomic E-state index is -3.30. The molecule has 0 unspecified atom stereocenters. The summed E-state index contributed by atoms with van der Waals surface area (Å²) in [5.74, 6) is 0. The lowest BCUT2D eigenvalue weighted by Gasteiger charge is -2.22. The molecule has 2 heterocycles. The van der Waals surface area contributed by atoms with Gasteiger partial charge in [-0.1, -0.05) is 12.1 Å². The van der Waals surface area contributed by atoms with Crippen LogP contribution in [-0.4, -0.2) is 49.1 Å². The van der Waals surface area contributed by atoms with E-state index >= 15 is 0 Å². The fraction of sp³-hybridized carbons (Fsp3) is 0.600. The number of rotatable bonds is 4. The van der Waals surface area contributed by atoms with E-state index in [9.17, 15) is 18.5 Å². The number of nitro benzene ring substituents is 1. The summed E-state index contributed by atoms with van der Waals surface area (Å²) in [7, 11) is -3.30. The molecule has 0 amide bonds. The van der Waals surface area contributed by atoms with Crippen molar-refractivity contribution in [2.75, 3.05) is 31.1 Å². The number of hydrogen-bond donors (Lipinski definition) is 0. The zero-order valence-electron chi connectivity index (χ0n) is 13.1. The van der Waals surface area contributed by atoms with Gasteiger partial charge in [0.05, 0.1) is 10.2 Å². The first kappa shape index (κ1) is 16.2. The molecule has 2 saturated heterocycles. The SMILES string of the molecule is Cc1cccc(N2CC[C@@H](S(=O)(=O)N3CCCC3)C2)c1[N+](=O)[O-]. The molecule has 23 heavy (non-hydrogen) atoms. The Morgan fingerprint density at radius 1 is 1.22 bits per heavy atom. The van der Waals surface area contributed by atoms with Crippen LogP contribution in [0, 0.1) is 17.0 Å². The van der Waals surface area contributed by atoms with Crippen LogP contribution in [-0.2, 0) is 10.0 Å². The zero-order valence-corrected chi connectivity index (χ0v) is 14.0. The number of nitro groups is 1. The van der Waals surface area contributed by atoms with Crippen LogP contribution < -0.4 is 4.90 Å². The third kappa shape index (κ3) is 2.92. The normalized spacial score (nSPS) is 22.7. The molecule has 0 bridgehead atoms. The van der Waals surface area contributed by atoms with E-state index in [1.807, 2.05) is 4.90 Å². The van der Waals surface area contributed by atoms with Gasteiger partial charge in [-0.15, -0.1) is 0 Å². The molecule has 3 rings (SSSR count). The summed E-state index contributed by atoms with van der Waals surface area (Å²) in [5.41, 5.74) is 1.19. The van der Waals surface area contributed by atoms with Crippen molar-refractivity contribution in [1.82, 2.24) is 4.31 Å². The lowest BCUT2D eigenvalue weighted by Crippen LogP contribution is -2.38. The van der Waals surface area contributed by atoms with Gasteiger partial charge in [0, 0.05) is 31.7 Å². The summed E-state index contributed by atoms with van der Waals surface area (Å²) >= 11 is 0. The van der Waals surface area contributed by atoms with Gasteiger partial charge in [-0.3, -0.25) is 10.1 Å². The van der Waals surface area contributed by atoms with E-state index < -0.39 is 15.3 Å². The van der Waals surface area contributed by atoms with Gasteiger partial charge < -0.3 is 4.90 Å². The van der Waals surface area contributed by atoms with Crippen molar-refractivity contribution in [3.63, 3.8) is 0 Å². The van der Waals surface area contributed by atoms with Gasteiger partial charge in [0.2, 0.25) is 10.0 Å². The Labute approximate surface area is 136 Å². The Morgan fingerprint density at radius 3 is 2.57 bits per heavy atom. The molecular weight excluding hydrogens is 318 g/mol. The molecule has 0 spiro atoms. The third-order valence-electron chi connectivity index (χ3n) is 4.73. The predicted octanol–water partition coefficient (Wildman–Crippen LogP) is 1.91. The van der Waals surface area contributed by atoms with Crippen LogP contribution in [0.15, 0.2) is 18.2 Å². The van der Waals surface area contributed by atoms with Crippen molar-refractivity contribution in [2.24, 2.45) is 0 Å². The lowest BCUT2D eigenvalue weighted by atomic mass is 10.1. The second-order valence-corrected chi connectivity index (χ2v) is 8.42. The second kappa shape index (κ2) is 6.09. The average molecular weight is 339 g/mol. The van der Waals surface area contributed by atoms with Crippen LogP contribution in [0.5, 0.6) is 0 Å². The van der Waals surface area contributed by atoms with E-state index in [-0.39, 0.29) is 10.6 Å². The van der Waals surface area contributed by atoms with Crippen molar-refractivity contribution in [1.29, 1.82) is 0 Å². The number of para-hydroxylation sites is 1. The van der Waals surface area contributed by atoms with Crippen LogP contribution in [0.2, 0.25) is 0 Å². The molecule has 0 aromatic heterocycles. The van der Waals surface area contributed by atoms with Crippen LogP contribution in [0.4, 0.5) is 11.4 Å². The second-order valence-electron chi connectivity index (χ2n) is 6.21. The molecule has 0 radical (unpaired) electrons. The Bertz CT molecular complexity index is 713. The smallest absolute Gasteiger partial charge is 0.295 e. The van der Waals surface area contributed by atoms with E-state index in [2.05, 4.69) is 0 Å². The largest absolute Gasteiger partial charge is 0.365 e. The van der Waals surface area contributed by atoms with Crippen molar-refractivity contribution >= 4 is 21.4 Å². The number of benzene rings is 1. The molecule has 2 aliphatic rings. The van der Waals surface area contributed by atoms with E-state index in [1.54, 1.807) is 29.4 Å². The number of sulfonamides is 1. The molecule has 7 nitrogen and oxygen atoms in total. The highest BCUT2D eigenvalue weighted by Gasteiger charge is 2.39. The molecule has 126 valence electrons. The lowest BCUT2D eigenvalue weighted by molar-refractivity contribution is -0.384. The number of aryl methyl sites for hydroxylation is 1. The fourth-order valence-corrected chi connectivity index (χ4v) is 5.44. The van der Waals surface area contributed by atoms with Gasteiger partial charge in [-0.2, -0.15) is 0 Å². The Kier molecular flexibility index (Phi) is 4.29. The van der Waals surface area contributed by atoms with Crippen LogP contribution >= 0.6 is 0 Å². The van der Waals surface area contributed by atoms with E-state index in [0.29, 0.717) is 43.9 Å². The molecule has 1 aromatic carbocycles. The monoisotopic (exact) mass is 339 g/mol. The standard InChI is InChI=1S/C15H21N3O4S/c1-12-5-4-6-14(15(12)18(19)20)16-10-7-13(11-16)23(21,22)17-8-2-3-9-17/h4-6,13H,2-3,7-11H2,1H3/t13-/m1/s1. The summed E-state index contributed by atoms with van der Waals surface area (Å²) in [6, 6.07) is 5.19. The van der Waals surface area contributed by atoms with Gasteiger partial charge in [-0.05, 0) is 32.3 Å². The highest BCUT2D eigenvalue weighted by molar-refractivity contribution is 7.89. The maximum atomic E-state index is 12.7.